The Balaban J connectivity index is 1.23. The van der Waals surface area contributed by atoms with Crippen molar-refractivity contribution >= 4 is 81.4 Å². The highest BCUT2D eigenvalue weighted by Crippen LogP contribution is 2.48. The molecule has 0 N–H and O–H groups in total. The van der Waals surface area contributed by atoms with Crippen LogP contribution in [0.3, 0.4) is 0 Å². The molecule has 3 aromatic heterocycles. The summed E-state index contributed by atoms with van der Waals surface area (Å²) in [6.45, 7) is 0. The molecule has 0 fully saturated rings. The van der Waals surface area contributed by atoms with E-state index in [4.69, 9.17) is 0 Å². The summed E-state index contributed by atoms with van der Waals surface area (Å²) in [4.78, 5) is 0. The summed E-state index contributed by atoms with van der Waals surface area (Å²) in [5.41, 5.74) is 12.8. The van der Waals surface area contributed by atoms with E-state index < -0.39 is 0 Å². The number of benzene rings is 9. The number of hydrogen-bond donors (Lipinski definition) is 0. The molecule has 256 valence electrons. The van der Waals surface area contributed by atoms with Crippen LogP contribution in [0, 0.1) is 22.7 Å². The van der Waals surface area contributed by atoms with Crippen molar-refractivity contribution in [3.63, 3.8) is 0 Å². The fourth-order valence-corrected chi connectivity index (χ4v) is 9.22. The lowest BCUT2D eigenvalue weighted by atomic mass is 9.97. The number of para-hydroxylation sites is 2. The molecule has 0 unspecified atom stereocenters. The van der Waals surface area contributed by atoms with Gasteiger partial charge in [-0.3, -0.25) is 0 Å². The highest BCUT2D eigenvalue weighted by atomic mass is 15.0. The van der Waals surface area contributed by atoms with Gasteiger partial charge in [-0.25, -0.2) is 0 Å². The molecule has 0 bridgehead atoms. The summed E-state index contributed by atoms with van der Waals surface area (Å²) in [5, 5.41) is 30.9. The van der Waals surface area contributed by atoms with E-state index in [1.165, 1.54) is 76.1 Å². The monoisotopic (exact) mass is 708 g/mol. The van der Waals surface area contributed by atoms with E-state index in [9.17, 15) is 10.5 Å². The van der Waals surface area contributed by atoms with Gasteiger partial charge in [0.05, 0.1) is 50.8 Å². The Hall–Kier alpha value is -7.92. The van der Waals surface area contributed by atoms with Crippen molar-refractivity contribution in [3.8, 4) is 40.1 Å². The summed E-state index contributed by atoms with van der Waals surface area (Å²) < 4.78 is 4.96. The zero-order valence-corrected chi connectivity index (χ0v) is 30.0. The van der Waals surface area contributed by atoms with Gasteiger partial charge in [0, 0.05) is 38.0 Å². The average Bonchev–Trinajstić information content (AvgIpc) is 3.88. The van der Waals surface area contributed by atoms with E-state index in [-0.39, 0.29) is 0 Å². The summed E-state index contributed by atoms with van der Waals surface area (Å²) in [6.07, 6.45) is 0. The van der Waals surface area contributed by atoms with E-state index in [1.54, 1.807) is 0 Å². The minimum atomic E-state index is 0.657. The molecule has 0 amide bonds. The largest absolute Gasteiger partial charge is 0.309 e. The fourth-order valence-electron chi connectivity index (χ4n) is 9.22. The Morgan fingerprint density at radius 2 is 0.893 bits per heavy atom. The van der Waals surface area contributed by atoms with Crippen molar-refractivity contribution in [2.45, 2.75) is 0 Å². The van der Waals surface area contributed by atoms with Gasteiger partial charge in [-0.05, 0) is 129 Å². The van der Waals surface area contributed by atoms with Crippen LogP contribution < -0.4 is 0 Å². The van der Waals surface area contributed by atoms with Gasteiger partial charge >= 0.3 is 0 Å². The summed E-state index contributed by atoms with van der Waals surface area (Å²) in [5.74, 6) is 0. The molecule has 0 spiro atoms. The summed E-state index contributed by atoms with van der Waals surface area (Å²) >= 11 is 0. The van der Waals surface area contributed by atoms with E-state index in [2.05, 4.69) is 142 Å². The molecule has 0 aliphatic rings. The van der Waals surface area contributed by atoms with Crippen molar-refractivity contribution in [1.82, 2.24) is 8.97 Å². The van der Waals surface area contributed by atoms with Crippen LogP contribution in [-0.2, 0) is 0 Å². The maximum atomic E-state index is 9.39. The Kier molecular flexibility index (Phi) is 6.16. The molecule has 0 aliphatic carbocycles. The second-order valence-corrected chi connectivity index (χ2v) is 14.8. The van der Waals surface area contributed by atoms with Gasteiger partial charge in [0.25, 0.3) is 0 Å². The van der Waals surface area contributed by atoms with Crippen LogP contribution in [0.5, 0.6) is 0 Å². The minimum absolute atomic E-state index is 0.657. The molecule has 3 heterocycles. The van der Waals surface area contributed by atoms with Crippen LogP contribution in [-0.4, -0.2) is 8.97 Å². The van der Waals surface area contributed by atoms with Crippen molar-refractivity contribution < 1.29 is 0 Å². The van der Waals surface area contributed by atoms with Gasteiger partial charge in [0.15, 0.2) is 0 Å². The standard InChI is InChI=1S/C52H28N4/c53-29-31-10-14-33(15-11-31)35-18-20-37-24-43-45-28-44-42-8-4-5-9-47(42)55(41-6-2-1-3-7-41)51(44)50-46-25-38-21-19-36(34-16-12-32(30-54)13-17-34)23-40(38)27-49(46)56(52(45)50)48(43)26-39(37)22-35/h1-28H. The first-order valence-corrected chi connectivity index (χ1v) is 18.8. The zero-order valence-electron chi connectivity index (χ0n) is 30.0. The molecule has 0 atom stereocenters. The van der Waals surface area contributed by atoms with Crippen LogP contribution in [0.15, 0.2) is 170 Å². The molecule has 4 heteroatoms. The van der Waals surface area contributed by atoms with E-state index >= 15 is 0 Å². The highest BCUT2D eigenvalue weighted by Gasteiger charge is 2.25. The van der Waals surface area contributed by atoms with Crippen molar-refractivity contribution in [1.29, 1.82) is 10.5 Å². The fraction of sp³-hybridized carbons (Fsp3) is 0. The predicted molar refractivity (Wildman–Crippen MR) is 231 cm³/mol. The Morgan fingerprint density at radius 1 is 0.357 bits per heavy atom. The summed E-state index contributed by atoms with van der Waals surface area (Å²) in [6, 6.07) is 65.0. The number of nitrogens with zero attached hydrogens (tertiary/aromatic N) is 4. The molecule has 12 rings (SSSR count). The molecule has 0 saturated carbocycles. The highest BCUT2D eigenvalue weighted by molar-refractivity contribution is 6.35. The molecule has 9 aromatic carbocycles. The number of aromatic nitrogens is 2. The Bertz CT molecular complexity index is 3690. The van der Waals surface area contributed by atoms with Crippen LogP contribution >= 0.6 is 0 Å². The second kappa shape index (κ2) is 11.3. The number of nitriles is 2. The normalized spacial score (nSPS) is 11.9. The van der Waals surface area contributed by atoms with Gasteiger partial charge in [0.1, 0.15) is 0 Å². The lowest BCUT2D eigenvalue weighted by Gasteiger charge is -2.10. The van der Waals surface area contributed by atoms with Gasteiger partial charge in [-0.15, -0.1) is 0 Å². The van der Waals surface area contributed by atoms with Crippen LogP contribution in [0.25, 0.3) is 109 Å². The first-order chi connectivity index (χ1) is 27.6. The molecular formula is C52H28N4. The third kappa shape index (κ3) is 4.21. The molecule has 0 saturated heterocycles. The third-order valence-corrected chi connectivity index (χ3v) is 11.8. The smallest absolute Gasteiger partial charge is 0.0991 e. The van der Waals surface area contributed by atoms with Crippen LogP contribution in [0.2, 0.25) is 0 Å². The molecular weight excluding hydrogens is 681 g/mol. The van der Waals surface area contributed by atoms with Gasteiger partial charge < -0.3 is 8.97 Å². The molecule has 0 radical (unpaired) electrons. The Labute approximate surface area is 320 Å². The lowest BCUT2D eigenvalue weighted by molar-refractivity contribution is 1.19. The van der Waals surface area contributed by atoms with Gasteiger partial charge in [-0.2, -0.15) is 10.5 Å². The van der Waals surface area contributed by atoms with E-state index in [1.807, 2.05) is 48.5 Å². The number of hydrogen-bond acceptors (Lipinski definition) is 2. The third-order valence-electron chi connectivity index (χ3n) is 11.8. The second-order valence-electron chi connectivity index (χ2n) is 14.8. The number of rotatable bonds is 3. The van der Waals surface area contributed by atoms with Gasteiger partial charge in [0.2, 0.25) is 0 Å². The van der Waals surface area contributed by atoms with E-state index in [0.717, 1.165) is 33.3 Å². The van der Waals surface area contributed by atoms with E-state index in [0.29, 0.717) is 11.1 Å². The average molecular weight is 709 g/mol. The summed E-state index contributed by atoms with van der Waals surface area (Å²) in [7, 11) is 0. The maximum Gasteiger partial charge on any atom is 0.0991 e. The van der Waals surface area contributed by atoms with Crippen LogP contribution in [0.1, 0.15) is 11.1 Å². The molecule has 56 heavy (non-hydrogen) atoms. The SMILES string of the molecule is N#Cc1ccc(-c2ccc3cc4c5cc6c7ccccc7n(-c7ccccc7)c6c6c7cc8ccc(-c9ccc(C#N)cc9)cc8cc7n(c4cc3c2)c56)cc1. The lowest BCUT2D eigenvalue weighted by Crippen LogP contribution is -1.93. The first-order valence-electron chi connectivity index (χ1n) is 18.8. The first kappa shape index (κ1) is 30.5. The number of fused-ring (bicyclic) bond motifs is 12. The molecule has 0 aliphatic heterocycles. The molecule has 4 nitrogen and oxygen atoms in total. The van der Waals surface area contributed by atoms with Gasteiger partial charge in [-0.1, -0.05) is 84.9 Å². The zero-order chi connectivity index (χ0) is 37.1. The molecule has 12 aromatic rings. The maximum absolute atomic E-state index is 9.39. The van der Waals surface area contributed by atoms with Crippen molar-refractivity contribution in [2.75, 3.05) is 0 Å². The predicted octanol–water partition coefficient (Wildman–Crippen LogP) is 13.3. The quantitative estimate of drug-likeness (QED) is 0.183. The Morgan fingerprint density at radius 3 is 1.52 bits per heavy atom. The van der Waals surface area contributed by atoms with Crippen molar-refractivity contribution in [2.24, 2.45) is 0 Å². The van der Waals surface area contributed by atoms with Crippen LogP contribution in [0.4, 0.5) is 0 Å². The topological polar surface area (TPSA) is 56.9 Å². The minimum Gasteiger partial charge on any atom is -0.309 e. The van der Waals surface area contributed by atoms with Crippen molar-refractivity contribution in [3.05, 3.63) is 181 Å².